The molecule has 162 valence electrons. The lowest BCUT2D eigenvalue weighted by Gasteiger charge is -2.20. The van der Waals surface area contributed by atoms with Gasteiger partial charge in [-0.3, -0.25) is 14.6 Å². The topological polar surface area (TPSA) is 111 Å². The van der Waals surface area contributed by atoms with E-state index in [1.807, 2.05) is 26.0 Å². The van der Waals surface area contributed by atoms with E-state index in [2.05, 4.69) is 15.3 Å². The van der Waals surface area contributed by atoms with Gasteiger partial charge < -0.3 is 15.5 Å². The Morgan fingerprint density at radius 1 is 1.23 bits per heavy atom. The van der Waals surface area contributed by atoms with Gasteiger partial charge in [-0.05, 0) is 36.8 Å². The van der Waals surface area contributed by atoms with Crippen LogP contribution >= 0.6 is 0 Å². The molecule has 1 unspecified atom stereocenters. The van der Waals surface area contributed by atoms with Crippen molar-refractivity contribution in [2.75, 3.05) is 6.54 Å². The summed E-state index contributed by atoms with van der Waals surface area (Å²) in [6, 6.07) is 4.85. The molecule has 1 aliphatic rings. The minimum Gasteiger partial charge on any atom is -0.431 e. The summed E-state index contributed by atoms with van der Waals surface area (Å²) in [5, 5.41) is 2.65. The summed E-state index contributed by atoms with van der Waals surface area (Å²) in [6.07, 6.45) is 8.91. The molecule has 0 bridgehead atoms. The van der Waals surface area contributed by atoms with Gasteiger partial charge in [0.2, 0.25) is 17.6 Å². The molecule has 1 fully saturated rings. The molecule has 2 heterocycles. The van der Waals surface area contributed by atoms with Gasteiger partial charge >= 0.3 is 0 Å². The number of carbonyl (C=O) groups excluding carboxylic acids is 2. The molecule has 2 aromatic rings. The van der Waals surface area contributed by atoms with Gasteiger partial charge in [0.05, 0.1) is 18.3 Å². The van der Waals surface area contributed by atoms with E-state index >= 15 is 0 Å². The van der Waals surface area contributed by atoms with Crippen LogP contribution in [-0.4, -0.2) is 34.2 Å². The Bertz CT molecular complexity index is 841. The van der Waals surface area contributed by atoms with E-state index < -0.39 is 6.04 Å². The minimum absolute atomic E-state index is 0.154. The van der Waals surface area contributed by atoms with Gasteiger partial charge in [0.15, 0.2) is 5.76 Å². The molecule has 3 N–H and O–H groups in total. The number of hydrogen-bond donors (Lipinski definition) is 2. The first kappa shape index (κ1) is 22.2. The monoisotopic (exact) mass is 412 g/mol. The molecule has 1 saturated carbocycles. The SMILES string of the molecule is CC(C)CC(N)C(=O)NCC(=O)c1oc(-c2ccccn2)nc1CC1CCCCC1. The quantitative estimate of drug-likeness (QED) is 0.610. The Morgan fingerprint density at radius 2 is 2.00 bits per heavy atom. The molecular formula is C23H32N4O3. The Labute approximate surface area is 177 Å². The van der Waals surface area contributed by atoms with Gasteiger partial charge in [0, 0.05) is 6.20 Å². The number of Topliss-reactive ketones (excluding diaryl/α,β-unsaturated/α-hetero) is 1. The third-order valence-corrected chi connectivity index (χ3v) is 5.53. The van der Waals surface area contributed by atoms with E-state index in [0.29, 0.717) is 42.0 Å². The van der Waals surface area contributed by atoms with Crippen LogP contribution in [0.1, 0.15) is 68.6 Å². The number of rotatable bonds is 9. The van der Waals surface area contributed by atoms with Gasteiger partial charge in [-0.15, -0.1) is 0 Å². The van der Waals surface area contributed by atoms with Crippen molar-refractivity contribution in [3.05, 3.63) is 35.9 Å². The second-order valence-corrected chi connectivity index (χ2v) is 8.59. The molecule has 2 aromatic heterocycles. The fourth-order valence-corrected chi connectivity index (χ4v) is 3.97. The van der Waals surface area contributed by atoms with Crippen molar-refractivity contribution < 1.29 is 14.0 Å². The van der Waals surface area contributed by atoms with Crippen molar-refractivity contribution in [1.29, 1.82) is 0 Å². The smallest absolute Gasteiger partial charge is 0.246 e. The number of pyridine rings is 1. The number of nitrogens with one attached hydrogen (secondary N) is 1. The van der Waals surface area contributed by atoms with Crippen molar-refractivity contribution >= 4 is 11.7 Å². The number of oxazole rings is 1. The summed E-state index contributed by atoms with van der Waals surface area (Å²) in [5.41, 5.74) is 7.16. The molecule has 0 spiro atoms. The molecule has 7 heteroatoms. The maximum Gasteiger partial charge on any atom is 0.246 e. The highest BCUT2D eigenvalue weighted by molar-refractivity contribution is 5.98. The summed E-state index contributed by atoms with van der Waals surface area (Å²) < 4.78 is 5.86. The van der Waals surface area contributed by atoms with Crippen LogP contribution in [0.25, 0.3) is 11.6 Å². The van der Waals surface area contributed by atoms with E-state index in [1.54, 1.807) is 12.3 Å². The lowest BCUT2D eigenvalue weighted by Crippen LogP contribution is -2.43. The first-order valence-electron chi connectivity index (χ1n) is 10.9. The van der Waals surface area contributed by atoms with E-state index in [4.69, 9.17) is 10.2 Å². The normalized spacial score (nSPS) is 15.9. The number of nitrogens with two attached hydrogens (primary N) is 1. The predicted octanol–water partition coefficient (Wildman–Crippen LogP) is 3.53. The molecular weight excluding hydrogens is 380 g/mol. The minimum atomic E-state index is -0.627. The van der Waals surface area contributed by atoms with Gasteiger partial charge in [-0.1, -0.05) is 52.0 Å². The molecule has 0 saturated heterocycles. The van der Waals surface area contributed by atoms with E-state index in [9.17, 15) is 9.59 Å². The summed E-state index contributed by atoms with van der Waals surface area (Å²) in [7, 11) is 0. The van der Waals surface area contributed by atoms with Crippen LogP contribution < -0.4 is 11.1 Å². The Morgan fingerprint density at radius 3 is 2.67 bits per heavy atom. The maximum atomic E-state index is 12.9. The number of amides is 1. The Hall–Kier alpha value is -2.54. The second kappa shape index (κ2) is 10.5. The number of aromatic nitrogens is 2. The number of carbonyl (C=O) groups is 2. The van der Waals surface area contributed by atoms with Crippen molar-refractivity contribution in [2.45, 2.75) is 64.8 Å². The van der Waals surface area contributed by atoms with Gasteiger partial charge in [0.1, 0.15) is 5.69 Å². The zero-order valence-electron chi connectivity index (χ0n) is 17.9. The lowest BCUT2D eigenvalue weighted by molar-refractivity contribution is -0.122. The largest absolute Gasteiger partial charge is 0.431 e. The summed E-state index contributed by atoms with van der Waals surface area (Å²) in [6.45, 7) is 3.85. The molecule has 1 amide bonds. The molecule has 7 nitrogen and oxygen atoms in total. The lowest BCUT2D eigenvalue weighted by atomic mass is 9.86. The number of hydrogen-bond acceptors (Lipinski definition) is 6. The fourth-order valence-electron chi connectivity index (χ4n) is 3.97. The zero-order chi connectivity index (χ0) is 21.5. The van der Waals surface area contributed by atoms with Gasteiger partial charge in [-0.25, -0.2) is 4.98 Å². The van der Waals surface area contributed by atoms with Gasteiger partial charge in [-0.2, -0.15) is 0 Å². The van der Waals surface area contributed by atoms with Crippen LogP contribution in [0.15, 0.2) is 28.8 Å². The van der Waals surface area contributed by atoms with Crippen LogP contribution in [0, 0.1) is 11.8 Å². The van der Waals surface area contributed by atoms with Crippen molar-refractivity contribution in [1.82, 2.24) is 15.3 Å². The molecule has 30 heavy (non-hydrogen) atoms. The second-order valence-electron chi connectivity index (χ2n) is 8.59. The summed E-state index contributed by atoms with van der Waals surface area (Å²) in [4.78, 5) is 34.0. The van der Waals surface area contributed by atoms with Crippen LogP contribution in [0.3, 0.4) is 0 Å². The fraction of sp³-hybridized carbons (Fsp3) is 0.565. The van der Waals surface area contributed by atoms with Crippen molar-refractivity contribution in [3.63, 3.8) is 0 Å². The molecule has 3 rings (SSSR count). The average Bonchev–Trinajstić information content (AvgIpc) is 3.16. The molecule has 0 aliphatic heterocycles. The van der Waals surface area contributed by atoms with Crippen LogP contribution in [-0.2, 0) is 11.2 Å². The molecule has 1 aliphatic carbocycles. The summed E-state index contributed by atoms with van der Waals surface area (Å²) in [5.74, 6) is 0.752. The van der Waals surface area contributed by atoms with Gasteiger partial charge in [0.25, 0.3) is 0 Å². The zero-order valence-corrected chi connectivity index (χ0v) is 17.9. The average molecular weight is 413 g/mol. The highest BCUT2D eigenvalue weighted by Crippen LogP contribution is 2.29. The Kier molecular flexibility index (Phi) is 7.74. The van der Waals surface area contributed by atoms with E-state index in [1.165, 1.54) is 19.3 Å². The first-order chi connectivity index (χ1) is 14.4. The molecule has 0 radical (unpaired) electrons. The number of ketones is 1. The first-order valence-corrected chi connectivity index (χ1v) is 10.9. The Balaban J connectivity index is 1.74. The van der Waals surface area contributed by atoms with Crippen LogP contribution in [0.4, 0.5) is 0 Å². The van der Waals surface area contributed by atoms with Crippen molar-refractivity contribution in [3.8, 4) is 11.6 Å². The highest BCUT2D eigenvalue weighted by Gasteiger charge is 2.25. The molecule has 0 aromatic carbocycles. The predicted molar refractivity (Wildman–Crippen MR) is 115 cm³/mol. The maximum absolute atomic E-state index is 12.9. The van der Waals surface area contributed by atoms with Crippen LogP contribution in [0.5, 0.6) is 0 Å². The third-order valence-electron chi connectivity index (χ3n) is 5.53. The van der Waals surface area contributed by atoms with E-state index in [-0.39, 0.29) is 24.0 Å². The summed E-state index contributed by atoms with van der Waals surface area (Å²) >= 11 is 0. The van der Waals surface area contributed by atoms with E-state index in [0.717, 1.165) is 12.8 Å². The number of nitrogens with zero attached hydrogens (tertiary/aromatic N) is 2. The third kappa shape index (κ3) is 5.98. The van der Waals surface area contributed by atoms with Crippen LogP contribution in [0.2, 0.25) is 0 Å². The standard InChI is InChI=1S/C23H32N4O3/c1-15(2)12-17(24)22(29)26-14-20(28)21-19(13-16-8-4-3-5-9-16)27-23(30-21)18-10-6-7-11-25-18/h6-7,10-11,15-17H,3-5,8-9,12-14,24H2,1-2H3,(H,26,29). The molecule has 1 atom stereocenters. The van der Waals surface area contributed by atoms with Crippen molar-refractivity contribution in [2.24, 2.45) is 17.6 Å². The highest BCUT2D eigenvalue weighted by atomic mass is 16.4.